The lowest BCUT2D eigenvalue weighted by molar-refractivity contribution is -0.141. The summed E-state index contributed by atoms with van der Waals surface area (Å²) in [5.41, 5.74) is 1.54. The van der Waals surface area contributed by atoms with Crippen LogP contribution in [-0.2, 0) is 42.8 Å². The van der Waals surface area contributed by atoms with Crippen LogP contribution in [0.25, 0.3) is 11.1 Å². The summed E-state index contributed by atoms with van der Waals surface area (Å²) in [4.78, 5) is 35.7. The van der Waals surface area contributed by atoms with Crippen LogP contribution in [0.3, 0.4) is 0 Å². The summed E-state index contributed by atoms with van der Waals surface area (Å²) in [6.45, 7) is 10.4. The highest BCUT2D eigenvalue weighted by molar-refractivity contribution is 5.88. The number of hydrogen-bond donors (Lipinski definition) is 0. The first-order valence-electron chi connectivity index (χ1n) is 13.9. The van der Waals surface area contributed by atoms with Crippen LogP contribution in [0.15, 0.2) is 72.9 Å². The molecule has 46 heavy (non-hydrogen) atoms. The van der Waals surface area contributed by atoms with Gasteiger partial charge >= 0.3 is 17.9 Å². The number of benzene rings is 2. The maximum absolute atomic E-state index is 14.9. The number of halogens is 1. The summed E-state index contributed by atoms with van der Waals surface area (Å²) in [6.07, 6.45) is 0. The average Bonchev–Trinajstić information content (AvgIpc) is 3.04. The van der Waals surface area contributed by atoms with Gasteiger partial charge in [0.2, 0.25) is 0 Å². The molecule has 2 aromatic rings. The second-order valence-corrected chi connectivity index (χ2v) is 9.37. The van der Waals surface area contributed by atoms with E-state index in [0.29, 0.717) is 16.9 Å². The molecule has 0 fully saturated rings. The number of hydrogen-bond acceptors (Lipinski definition) is 12. The molecule has 12 nitrogen and oxygen atoms in total. The molecule has 0 heterocycles. The van der Waals surface area contributed by atoms with E-state index in [1.165, 1.54) is 33.5 Å². The van der Waals surface area contributed by atoms with E-state index in [9.17, 15) is 18.8 Å². The number of carbonyl (C=O) groups excluding carboxylic acids is 3. The summed E-state index contributed by atoms with van der Waals surface area (Å²) in [6, 6.07) is 9.27. The van der Waals surface area contributed by atoms with E-state index >= 15 is 0 Å². The molecule has 0 N–H and O–H groups in total. The third-order valence-electron chi connectivity index (χ3n) is 5.75. The fourth-order valence-electron chi connectivity index (χ4n) is 3.58. The quantitative estimate of drug-likeness (QED) is 0.0796. The summed E-state index contributed by atoms with van der Waals surface area (Å²) in [5.74, 6) is -1.99. The number of methoxy groups -OCH3 is 3. The molecule has 0 aliphatic rings. The third kappa shape index (κ3) is 12.7. The summed E-state index contributed by atoms with van der Waals surface area (Å²) >= 11 is 0. The standard InChI is InChI=1S/C33H39FO12/c1-22(19-38-4)31(35)44-14-11-41-28-9-7-25(17-27(28)34)26-8-10-29(42-12-15-45-32(36)23(2)20-39-5)30(18-26)43-13-16-46-33(37)24(3)21-40-6/h7-10,17-18H,1-3,11-16,19-21H2,4-6H3. The van der Waals surface area contributed by atoms with Crippen LogP contribution in [0.2, 0.25) is 0 Å². The summed E-state index contributed by atoms with van der Waals surface area (Å²) in [5, 5.41) is 0. The molecular formula is C33H39FO12. The van der Waals surface area contributed by atoms with E-state index in [4.69, 9.17) is 42.6 Å². The van der Waals surface area contributed by atoms with E-state index in [0.717, 1.165) is 0 Å². The molecule has 250 valence electrons. The zero-order valence-electron chi connectivity index (χ0n) is 26.2. The third-order valence-corrected chi connectivity index (χ3v) is 5.75. The number of esters is 3. The Labute approximate surface area is 267 Å². The first-order valence-corrected chi connectivity index (χ1v) is 13.9. The van der Waals surface area contributed by atoms with Gasteiger partial charge in [0.05, 0.1) is 36.5 Å². The molecular weight excluding hydrogens is 607 g/mol. The van der Waals surface area contributed by atoms with Crippen LogP contribution in [0, 0.1) is 5.82 Å². The zero-order valence-corrected chi connectivity index (χ0v) is 26.2. The first-order chi connectivity index (χ1) is 22.1. The maximum atomic E-state index is 14.9. The summed E-state index contributed by atoms with van der Waals surface area (Å²) in [7, 11) is 4.30. The number of carbonyl (C=O) groups is 3. The second kappa shape index (κ2) is 20.3. The zero-order chi connectivity index (χ0) is 33.9. The SMILES string of the molecule is C=C(COC)C(=O)OCCOc1ccc(-c2ccc(OCCOC(=O)C(=C)COC)c(OCCOC(=O)C(=C)COC)c2)cc1F. The van der Waals surface area contributed by atoms with Gasteiger partial charge in [-0.05, 0) is 35.4 Å². The van der Waals surface area contributed by atoms with Crippen molar-refractivity contribution in [1.82, 2.24) is 0 Å². The van der Waals surface area contributed by atoms with E-state index in [1.54, 1.807) is 24.3 Å². The Bertz CT molecular complexity index is 1370. The van der Waals surface area contributed by atoms with Gasteiger partial charge in [0.25, 0.3) is 0 Å². The topological polar surface area (TPSA) is 134 Å². The van der Waals surface area contributed by atoms with Gasteiger partial charge < -0.3 is 42.6 Å². The first kappa shape index (κ1) is 37.5. The lowest BCUT2D eigenvalue weighted by atomic mass is 10.0. The van der Waals surface area contributed by atoms with Crippen molar-refractivity contribution in [1.29, 1.82) is 0 Å². The Hall–Kier alpha value is -4.72. The van der Waals surface area contributed by atoms with Crippen molar-refractivity contribution in [2.45, 2.75) is 0 Å². The van der Waals surface area contributed by atoms with E-state index in [2.05, 4.69) is 19.7 Å². The fraction of sp³-hybridized carbons (Fsp3) is 0.364. The van der Waals surface area contributed by atoms with Crippen LogP contribution in [-0.4, -0.2) is 98.7 Å². The lowest BCUT2D eigenvalue weighted by Crippen LogP contribution is -2.17. The largest absolute Gasteiger partial charge is 0.487 e. The molecule has 0 radical (unpaired) electrons. The molecule has 0 amide bonds. The Morgan fingerprint density at radius 2 is 0.913 bits per heavy atom. The molecule has 0 spiro atoms. The van der Waals surface area contributed by atoms with Crippen LogP contribution in [0.1, 0.15) is 0 Å². The normalized spacial score (nSPS) is 10.4. The van der Waals surface area contributed by atoms with Gasteiger partial charge in [-0.2, -0.15) is 0 Å². The van der Waals surface area contributed by atoms with Crippen molar-refractivity contribution >= 4 is 17.9 Å². The smallest absolute Gasteiger partial charge is 0.335 e. The Kier molecular flexibility index (Phi) is 16.6. The van der Waals surface area contributed by atoms with Crippen molar-refractivity contribution in [2.24, 2.45) is 0 Å². The van der Waals surface area contributed by atoms with Crippen molar-refractivity contribution < 1.29 is 61.4 Å². The Balaban J connectivity index is 2.08. The molecule has 0 saturated carbocycles. The van der Waals surface area contributed by atoms with Gasteiger partial charge in [-0.3, -0.25) is 0 Å². The minimum absolute atomic E-state index is 0.00992. The van der Waals surface area contributed by atoms with E-state index in [-0.39, 0.29) is 87.7 Å². The molecule has 13 heteroatoms. The molecule has 0 saturated heterocycles. The molecule has 0 aliphatic carbocycles. The predicted molar refractivity (Wildman–Crippen MR) is 164 cm³/mol. The maximum Gasteiger partial charge on any atom is 0.335 e. The van der Waals surface area contributed by atoms with Gasteiger partial charge in [-0.25, -0.2) is 18.8 Å². The van der Waals surface area contributed by atoms with Gasteiger partial charge in [0, 0.05) is 21.3 Å². The fourth-order valence-corrected chi connectivity index (χ4v) is 3.58. The van der Waals surface area contributed by atoms with Crippen LogP contribution < -0.4 is 14.2 Å². The lowest BCUT2D eigenvalue weighted by Gasteiger charge is -2.15. The van der Waals surface area contributed by atoms with Crippen LogP contribution in [0.4, 0.5) is 4.39 Å². The van der Waals surface area contributed by atoms with Gasteiger partial charge in [-0.15, -0.1) is 0 Å². The molecule has 2 rings (SSSR count). The van der Waals surface area contributed by atoms with Gasteiger partial charge in [0.1, 0.15) is 39.6 Å². The molecule has 0 bridgehead atoms. The second-order valence-electron chi connectivity index (χ2n) is 9.37. The van der Waals surface area contributed by atoms with Gasteiger partial charge in [0.15, 0.2) is 23.1 Å². The van der Waals surface area contributed by atoms with Crippen LogP contribution >= 0.6 is 0 Å². The number of ether oxygens (including phenoxy) is 9. The molecule has 0 unspecified atom stereocenters. The van der Waals surface area contributed by atoms with E-state index in [1.807, 2.05) is 0 Å². The highest BCUT2D eigenvalue weighted by Gasteiger charge is 2.14. The molecule has 2 aromatic carbocycles. The minimum Gasteiger partial charge on any atom is -0.487 e. The predicted octanol–water partition coefficient (Wildman–Crippen LogP) is 3.87. The Morgan fingerprint density at radius 3 is 1.33 bits per heavy atom. The monoisotopic (exact) mass is 646 g/mol. The molecule has 0 atom stereocenters. The molecule has 0 aliphatic heterocycles. The van der Waals surface area contributed by atoms with Crippen molar-refractivity contribution in [3.8, 4) is 28.4 Å². The number of rotatable bonds is 22. The van der Waals surface area contributed by atoms with Crippen molar-refractivity contribution in [2.75, 3.05) is 80.8 Å². The Morgan fingerprint density at radius 1 is 0.543 bits per heavy atom. The minimum atomic E-state index is -0.643. The highest BCUT2D eigenvalue weighted by atomic mass is 19.1. The van der Waals surface area contributed by atoms with E-state index < -0.39 is 23.7 Å². The van der Waals surface area contributed by atoms with Crippen molar-refractivity contribution in [3.05, 3.63) is 78.7 Å². The average molecular weight is 647 g/mol. The van der Waals surface area contributed by atoms with Crippen molar-refractivity contribution in [3.63, 3.8) is 0 Å². The molecule has 0 aromatic heterocycles. The van der Waals surface area contributed by atoms with Gasteiger partial charge in [-0.1, -0.05) is 31.9 Å². The highest BCUT2D eigenvalue weighted by Crippen LogP contribution is 2.34. The summed E-state index contributed by atoms with van der Waals surface area (Å²) < 4.78 is 61.8. The van der Waals surface area contributed by atoms with Crippen LogP contribution in [0.5, 0.6) is 17.2 Å².